The van der Waals surface area contributed by atoms with Gasteiger partial charge in [-0.15, -0.1) is 0 Å². The molecule has 1 amide bonds. The van der Waals surface area contributed by atoms with E-state index in [1.165, 1.54) is 0 Å². The van der Waals surface area contributed by atoms with Gasteiger partial charge in [0.05, 0.1) is 11.7 Å². The molecule has 9 heteroatoms. The number of amides is 1. The van der Waals surface area contributed by atoms with Crippen LogP contribution >= 0.6 is 0 Å². The summed E-state index contributed by atoms with van der Waals surface area (Å²) in [5.41, 5.74) is 3.51. The van der Waals surface area contributed by atoms with E-state index >= 15 is 0 Å². The first-order chi connectivity index (χ1) is 14.7. The molecule has 0 radical (unpaired) electrons. The fraction of sp³-hybridized carbons (Fsp3) is 0.318. The number of anilines is 1. The van der Waals surface area contributed by atoms with Crippen LogP contribution in [0.2, 0.25) is 0 Å². The Morgan fingerprint density at radius 3 is 2.84 bits per heavy atom. The van der Waals surface area contributed by atoms with Gasteiger partial charge in [0.25, 0.3) is 0 Å². The number of halogens is 1. The lowest BCUT2D eigenvalue weighted by Crippen LogP contribution is -2.39. The second-order valence-electron chi connectivity index (χ2n) is 7.56. The maximum absolute atomic E-state index is 13.0. The Hall–Kier alpha value is -3.46. The number of rotatable bonds is 5. The van der Waals surface area contributed by atoms with E-state index in [2.05, 4.69) is 20.3 Å². The molecule has 164 valence electrons. The molecule has 0 unspecified atom stereocenters. The lowest BCUT2D eigenvalue weighted by Gasteiger charge is -2.23. The van der Waals surface area contributed by atoms with Crippen LogP contribution in [-0.4, -0.2) is 45.0 Å². The number of benzene rings is 1. The topological polar surface area (TPSA) is 81.5 Å². The van der Waals surface area contributed by atoms with Crippen LogP contribution in [0.1, 0.15) is 20.0 Å². The van der Waals surface area contributed by atoms with Gasteiger partial charge in [-0.3, -0.25) is 24.1 Å². The van der Waals surface area contributed by atoms with E-state index in [1.54, 1.807) is 16.9 Å². The molecule has 1 atom stereocenters. The summed E-state index contributed by atoms with van der Waals surface area (Å²) in [5.74, 6) is 1.41. The Morgan fingerprint density at radius 1 is 1.23 bits per heavy atom. The van der Waals surface area contributed by atoms with Crippen LogP contribution in [-0.2, 0) is 18.4 Å². The number of carbonyl (C=O) groups excluding carboxylic acids is 1. The Bertz CT molecular complexity index is 1080. The number of pyridine rings is 1. The maximum atomic E-state index is 13.0. The first-order valence-corrected chi connectivity index (χ1v) is 10.1. The highest BCUT2D eigenvalue weighted by atomic mass is 19.0. The molecular formula is C22H26FN5O3. The Labute approximate surface area is 180 Å². The standard InChI is InChI=1S/C22H23N5O3.FH.H2/c1-26-12-9-17(25-26)15-4-6-16(7-5-15)24-22(28)19-3-2-11-27(19)13-18-21-20(8-10-23-18)29-14-30-21;;/h4-10,12,19H,2-3,11,13-14H2,1H3,(H,24,28);2*1H/t19-;;/m1../s1. The SMILES string of the molecule is Cn1ccc(-c2ccc(NC(=O)[C@H]3CCCN3Cc3nccc4c3OCO4)cc2)n1.F.[HH]. The number of hydrogen-bond acceptors (Lipinski definition) is 6. The number of likely N-dealkylation sites (tertiary alicyclic amines) is 1. The fourth-order valence-electron chi connectivity index (χ4n) is 4.03. The summed E-state index contributed by atoms with van der Waals surface area (Å²) in [5, 5.41) is 7.46. The highest BCUT2D eigenvalue weighted by molar-refractivity contribution is 5.95. The Kier molecular flexibility index (Phi) is 5.85. The zero-order valence-electron chi connectivity index (χ0n) is 17.2. The summed E-state index contributed by atoms with van der Waals surface area (Å²) in [4.78, 5) is 19.6. The highest BCUT2D eigenvalue weighted by Crippen LogP contribution is 2.35. The molecular weight excluding hydrogens is 401 g/mol. The minimum Gasteiger partial charge on any atom is -0.453 e. The summed E-state index contributed by atoms with van der Waals surface area (Å²) in [6.07, 6.45) is 5.43. The van der Waals surface area contributed by atoms with Crippen LogP contribution < -0.4 is 14.8 Å². The van der Waals surface area contributed by atoms with E-state index in [1.807, 2.05) is 43.6 Å². The quantitative estimate of drug-likeness (QED) is 0.673. The molecule has 2 aliphatic heterocycles. The Balaban J connectivity index is 0.00000144. The van der Waals surface area contributed by atoms with E-state index in [0.717, 1.165) is 42.0 Å². The van der Waals surface area contributed by atoms with Crippen LogP contribution in [0.3, 0.4) is 0 Å². The summed E-state index contributed by atoms with van der Waals surface area (Å²) >= 11 is 0. The number of hydrogen-bond donors (Lipinski definition) is 1. The normalized spacial score (nSPS) is 17.4. The number of fused-ring (bicyclic) bond motifs is 1. The molecule has 0 aliphatic carbocycles. The van der Waals surface area contributed by atoms with Gasteiger partial charge in [0, 0.05) is 44.7 Å². The van der Waals surface area contributed by atoms with Crippen molar-refractivity contribution in [1.82, 2.24) is 19.7 Å². The molecule has 3 aromatic rings. The van der Waals surface area contributed by atoms with Gasteiger partial charge in [0.15, 0.2) is 11.5 Å². The van der Waals surface area contributed by atoms with Crippen LogP contribution in [0.4, 0.5) is 10.4 Å². The molecule has 8 nitrogen and oxygen atoms in total. The molecule has 31 heavy (non-hydrogen) atoms. The Morgan fingerprint density at radius 2 is 2.06 bits per heavy atom. The van der Waals surface area contributed by atoms with Crippen molar-refractivity contribution < 1.29 is 20.4 Å². The third kappa shape index (κ3) is 4.22. The molecule has 0 bridgehead atoms. The molecule has 1 aromatic carbocycles. The molecule has 1 saturated heterocycles. The van der Waals surface area contributed by atoms with Gasteiger partial charge in [-0.05, 0) is 37.6 Å². The number of nitrogens with one attached hydrogen (secondary N) is 1. The summed E-state index contributed by atoms with van der Waals surface area (Å²) in [6.45, 7) is 1.62. The van der Waals surface area contributed by atoms with Gasteiger partial charge in [-0.25, -0.2) is 0 Å². The van der Waals surface area contributed by atoms with Crippen molar-refractivity contribution in [2.24, 2.45) is 7.05 Å². The monoisotopic (exact) mass is 427 g/mol. The minimum absolute atomic E-state index is 0. The smallest absolute Gasteiger partial charge is 0.241 e. The van der Waals surface area contributed by atoms with Gasteiger partial charge >= 0.3 is 0 Å². The zero-order valence-corrected chi connectivity index (χ0v) is 17.2. The van der Waals surface area contributed by atoms with Crippen LogP contribution in [0.15, 0.2) is 48.8 Å². The van der Waals surface area contributed by atoms with Gasteiger partial charge in [-0.1, -0.05) is 12.1 Å². The third-order valence-corrected chi connectivity index (χ3v) is 5.54. The maximum Gasteiger partial charge on any atom is 0.241 e. The van der Waals surface area contributed by atoms with E-state index < -0.39 is 0 Å². The minimum atomic E-state index is -0.194. The molecule has 5 rings (SSSR count). The second kappa shape index (κ2) is 8.73. The van der Waals surface area contributed by atoms with Gasteiger partial charge in [-0.2, -0.15) is 5.10 Å². The van der Waals surface area contributed by atoms with Gasteiger partial charge in [0.1, 0.15) is 5.69 Å². The first kappa shape index (κ1) is 20.8. The lowest BCUT2D eigenvalue weighted by atomic mass is 10.1. The number of aromatic nitrogens is 3. The van der Waals surface area contributed by atoms with Crippen molar-refractivity contribution in [2.75, 3.05) is 18.7 Å². The largest absolute Gasteiger partial charge is 0.453 e. The zero-order chi connectivity index (χ0) is 20.5. The lowest BCUT2D eigenvalue weighted by molar-refractivity contribution is -0.120. The first-order valence-electron chi connectivity index (χ1n) is 10.1. The van der Waals surface area contributed by atoms with E-state index in [0.29, 0.717) is 18.0 Å². The molecule has 1 fully saturated rings. The van der Waals surface area contributed by atoms with E-state index in [-0.39, 0.29) is 24.9 Å². The number of ether oxygens (including phenoxy) is 2. The average molecular weight is 427 g/mol. The molecule has 0 saturated carbocycles. The van der Waals surface area contributed by atoms with E-state index in [9.17, 15) is 4.79 Å². The van der Waals surface area contributed by atoms with Crippen molar-refractivity contribution in [1.29, 1.82) is 0 Å². The molecule has 4 heterocycles. The van der Waals surface area contributed by atoms with E-state index in [4.69, 9.17) is 9.47 Å². The van der Waals surface area contributed by atoms with Gasteiger partial charge < -0.3 is 14.8 Å². The summed E-state index contributed by atoms with van der Waals surface area (Å²) in [7, 11) is 1.89. The van der Waals surface area contributed by atoms with Crippen LogP contribution in [0.25, 0.3) is 11.3 Å². The molecule has 1 N–H and O–H groups in total. The predicted octanol–water partition coefficient (Wildman–Crippen LogP) is 3.21. The van der Waals surface area contributed by atoms with Crippen LogP contribution in [0, 0.1) is 0 Å². The number of aryl methyl sites for hydroxylation is 1. The number of carbonyl (C=O) groups is 1. The van der Waals surface area contributed by atoms with Crippen LogP contribution in [0.5, 0.6) is 11.5 Å². The van der Waals surface area contributed by atoms with Crippen molar-refractivity contribution in [2.45, 2.75) is 25.4 Å². The predicted molar refractivity (Wildman–Crippen MR) is 116 cm³/mol. The highest BCUT2D eigenvalue weighted by Gasteiger charge is 2.32. The second-order valence-corrected chi connectivity index (χ2v) is 7.56. The van der Waals surface area contributed by atoms with Crippen molar-refractivity contribution >= 4 is 11.6 Å². The molecule has 2 aliphatic rings. The van der Waals surface area contributed by atoms with Crippen molar-refractivity contribution in [3.8, 4) is 22.8 Å². The molecule has 2 aromatic heterocycles. The van der Waals surface area contributed by atoms with Crippen molar-refractivity contribution in [3.05, 3.63) is 54.5 Å². The number of nitrogens with zero attached hydrogens (tertiary/aromatic N) is 4. The third-order valence-electron chi connectivity index (χ3n) is 5.54. The molecule has 0 spiro atoms. The summed E-state index contributed by atoms with van der Waals surface area (Å²) < 4.78 is 12.8. The van der Waals surface area contributed by atoms with Gasteiger partial charge in [0.2, 0.25) is 12.7 Å². The fourth-order valence-corrected chi connectivity index (χ4v) is 4.03. The van der Waals surface area contributed by atoms with Crippen molar-refractivity contribution in [3.63, 3.8) is 0 Å². The average Bonchev–Trinajstić information content (AvgIpc) is 3.49. The summed E-state index contributed by atoms with van der Waals surface area (Å²) in [6, 6.07) is 11.3.